The van der Waals surface area contributed by atoms with Crippen molar-refractivity contribution in [2.75, 3.05) is 0 Å². The Morgan fingerprint density at radius 1 is 0.385 bits per heavy atom. The van der Waals surface area contributed by atoms with E-state index in [2.05, 4.69) is 6.07 Å². The van der Waals surface area contributed by atoms with Crippen LogP contribution in [0.3, 0.4) is 0 Å². The Morgan fingerprint density at radius 3 is 0.923 bits per heavy atom. The van der Waals surface area contributed by atoms with Gasteiger partial charge in [0.1, 0.15) is 12.2 Å². The van der Waals surface area contributed by atoms with Gasteiger partial charge in [0, 0.05) is 17.7 Å². The summed E-state index contributed by atoms with van der Waals surface area (Å²) in [6, 6.07) is 12.0. The van der Waals surface area contributed by atoms with Gasteiger partial charge in [0.2, 0.25) is 17.8 Å². The summed E-state index contributed by atoms with van der Waals surface area (Å²) in [7, 11) is 0. The second-order valence-corrected chi connectivity index (χ2v) is 17.0. The minimum absolute atomic E-state index is 0.0514. The van der Waals surface area contributed by atoms with E-state index in [-0.39, 0.29) is 12.3 Å². The molecule has 0 saturated heterocycles. The fourth-order valence-electron chi connectivity index (χ4n) is 8.46. The molecule has 0 aliphatic heterocycles. The number of alkyl halides is 24. The molecule has 78 heavy (non-hydrogen) atoms. The molecule has 1 heterocycles. The van der Waals surface area contributed by atoms with Gasteiger partial charge in [0.15, 0.2) is 6.20 Å². The number of nitriles is 1. The van der Waals surface area contributed by atoms with Crippen LogP contribution in [-0.2, 0) is 56.0 Å². The summed E-state index contributed by atoms with van der Waals surface area (Å²) in [6.45, 7) is 0.260. The minimum atomic E-state index is -6.13. The van der Waals surface area contributed by atoms with E-state index in [0.29, 0.717) is 11.1 Å². The second kappa shape index (κ2) is 20.6. The van der Waals surface area contributed by atoms with Crippen LogP contribution in [0.2, 0.25) is 0 Å². The van der Waals surface area contributed by atoms with Crippen molar-refractivity contribution >= 4 is 44.7 Å². The number of benzene rings is 6. The van der Waals surface area contributed by atoms with E-state index in [1.807, 2.05) is 59.2 Å². The first-order valence-electron chi connectivity index (χ1n) is 21.3. The van der Waals surface area contributed by atoms with Crippen molar-refractivity contribution in [1.29, 1.82) is 5.26 Å². The minimum Gasteiger partial charge on any atom is -0.287 e. The summed E-state index contributed by atoms with van der Waals surface area (Å²) < 4.78 is 343. The van der Waals surface area contributed by atoms with E-state index in [1.165, 1.54) is 0 Å². The summed E-state index contributed by atoms with van der Waals surface area (Å²) in [4.78, 5) is 12.3. The highest BCUT2D eigenvalue weighted by Crippen LogP contribution is 2.41. The highest BCUT2D eigenvalue weighted by Gasteiger charge is 2.47. The zero-order valence-electron chi connectivity index (χ0n) is 37.9. The molecule has 0 bridgehead atoms. The molecule has 0 N–H and O–H groups in total. The molecular formula is C50H25BF24N2O. The third-order valence-electron chi connectivity index (χ3n) is 11.9. The lowest BCUT2D eigenvalue weighted by Crippen LogP contribution is -2.75. The first-order chi connectivity index (χ1) is 35.6. The average Bonchev–Trinajstić information content (AvgIpc) is 3.51. The Morgan fingerprint density at radius 2 is 0.654 bits per heavy atom. The topological polar surface area (TPSA) is 44.7 Å². The number of aromatic nitrogens is 1. The van der Waals surface area contributed by atoms with E-state index in [9.17, 15) is 110 Å². The van der Waals surface area contributed by atoms with Crippen LogP contribution in [0.15, 0.2) is 140 Å². The summed E-state index contributed by atoms with van der Waals surface area (Å²) >= 11 is 0. The van der Waals surface area contributed by atoms with Gasteiger partial charge in [-0.15, -0.1) is 0 Å². The molecule has 0 unspecified atom stereocenters. The standard InChI is InChI=1S/C32H12BF24.C18H13N2O/c34-25(35,36)13-1-14(26(37,38)39)6-21(5-13)33(22-7-15(27(40,41)42)2-16(8-22)28(43,44)45,23-9-17(29(46,47)48)3-18(10-23)30(49,50)51)24-11-19(31(52,53)54)4-20(12-24)32(55,56)57;19-12-15-10-11-20(17-9-5-4-8-16(15)17)13-18(21)14-6-2-1-3-7-14/h1-12H;1-11H,13H2/q-1;+1. The number of carbonyl (C=O) groups excluding carboxylic acids is 1. The van der Waals surface area contributed by atoms with Gasteiger partial charge in [-0.3, -0.25) is 4.79 Å². The van der Waals surface area contributed by atoms with E-state index in [4.69, 9.17) is 5.26 Å². The first-order valence-corrected chi connectivity index (χ1v) is 21.3. The monoisotopic (exact) mass is 1140 g/mol. The molecule has 0 saturated carbocycles. The van der Waals surface area contributed by atoms with Crippen LogP contribution in [0, 0.1) is 11.3 Å². The van der Waals surface area contributed by atoms with Gasteiger partial charge >= 0.3 is 49.4 Å². The molecule has 412 valence electrons. The van der Waals surface area contributed by atoms with Crippen molar-refractivity contribution in [3.63, 3.8) is 0 Å². The zero-order valence-corrected chi connectivity index (χ0v) is 37.9. The maximum absolute atomic E-state index is 14.2. The van der Waals surface area contributed by atoms with Crippen molar-refractivity contribution in [1.82, 2.24) is 0 Å². The highest BCUT2D eigenvalue weighted by atomic mass is 19.4. The van der Waals surface area contributed by atoms with E-state index >= 15 is 0 Å². The average molecular weight is 1140 g/mol. The van der Waals surface area contributed by atoms with E-state index < -0.39 is 195 Å². The van der Waals surface area contributed by atoms with E-state index in [1.54, 1.807) is 12.3 Å². The predicted molar refractivity (Wildman–Crippen MR) is 230 cm³/mol. The van der Waals surface area contributed by atoms with Crippen LogP contribution in [0.25, 0.3) is 10.9 Å². The number of ketones is 1. The van der Waals surface area contributed by atoms with Gasteiger partial charge in [-0.1, -0.05) is 91.0 Å². The molecule has 1 aromatic heterocycles. The largest absolute Gasteiger partial charge is 0.416 e. The molecule has 0 aliphatic carbocycles. The Balaban J connectivity index is 0.000000387. The molecule has 0 fully saturated rings. The van der Waals surface area contributed by atoms with Crippen molar-refractivity contribution in [2.45, 2.75) is 56.0 Å². The van der Waals surface area contributed by atoms with Crippen molar-refractivity contribution in [3.05, 3.63) is 195 Å². The number of pyridine rings is 1. The number of hydrogen-bond donors (Lipinski definition) is 0. The van der Waals surface area contributed by atoms with Crippen LogP contribution in [0.5, 0.6) is 0 Å². The van der Waals surface area contributed by atoms with Crippen LogP contribution in [0.1, 0.15) is 60.4 Å². The van der Waals surface area contributed by atoms with Gasteiger partial charge in [-0.05, 0) is 30.3 Å². The number of fused-ring (bicyclic) bond motifs is 1. The van der Waals surface area contributed by atoms with Crippen molar-refractivity contribution in [3.8, 4) is 6.07 Å². The van der Waals surface area contributed by atoms with Crippen LogP contribution < -0.4 is 26.4 Å². The number of carbonyl (C=O) groups is 1. The molecular weight excluding hydrogens is 1110 g/mol. The smallest absolute Gasteiger partial charge is 0.287 e. The number of para-hydroxylation sites is 1. The fourth-order valence-corrected chi connectivity index (χ4v) is 8.46. The molecule has 0 spiro atoms. The van der Waals surface area contributed by atoms with Gasteiger partial charge in [0.25, 0.3) is 0 Å². The summed E-state index contributed by atoms with van der Waals surface area (Å²) in [5, 5.41) is 10.0. The summed E-state index contributed by atoms with van der Waals surface area (Å²) in [5.74, 6) is 0.0514. The van der Waals surface area contributed by atoms with Crippen molar-refractivity contribution in [2.24, 2.45) is 0 Å². The lowest BCUT2D eigenvalue weighted by molar-refractivity contribution is -0.657. The molecule has 6 aromatic carbocycles. The number of Topliss-reactive ketones (excluding diaryl/α,β-unsaturated/α-hetero) is 1. The fraction of sp³-hybridized carbons (Fsp3) is 0.180. The Bertz CT molecular complexity index is 2970. The lowest BCUT2D eigenvalue weighted by Gasteiger charge is -2.46. The predicted octanol–water partition coefficient (Wildman–Crippen LogP) is 14.1. The second-order valence-electron chi connectivity index (χ2n) is 17.0. The normalized spacial score (nSPS) is 13.2. The molecule has 7 rings (SSSR count). The van der Waals surface area contributed by atoms with Crippen LogP contribution in [0.4, 0.5) is 105 Å². The van der Waals surface area contributed by atoms with Gasteiger partial charge in [-0.2, -0.15) is 137 Å². The van der Waals surface area contributed by atoms with Crippen molar-refractivity contribution < 1.29 is 115 Å². The number of rotatable bonds is 7. The molecule has 28 heteroatoms. The third-order valence-corrected chi connectivity index (χ3v) is 11.9. The van der Waals surface area contributed by atoms with Gasteiger partial charge < -0.3 is 0 Å². The molecule has 0 atom stereocenters. The number of hydrogen-bond acceptors (Lipinski definition) is 2. The molecule has 0 radical (unpaired) electrons. The molecule has 3 nitrogen and oxygen atoms in total. The number of nitrogens with zero attached hydrogens (tertiary/aromatic N) is 2. The van der Waals surface area contributed by atoms with Gasteiger partial charge in [0.05, 0.1) is 55.5 Å². The SMILES string of the molecule is FC(F)(F)c1cc([B-](c2cc(C(F)(F)F)cc(C(F)(F)F)c2)(c2cc(C(F)(F)F)cc(C(F)(F)F)c2)c2cc(C(F)(F)F)cc(C(F)(F)F)c2)cc(C(F)(F)F)c1.N#Cc1cc[n+](CC(=O)c2ccccc2)c2ccccc12. The number of halogens is 24. The third kappa shape index (κ3) is 13.0. The Hall–Kier alpha value is -7.73. The molecule has 0 amide bonds. The van der Waals surface area contributed by atoms with Crippen LogP contribution >= 0.6 is 0 Å². The lowest BCUT2D eigenvalue weighted by atomic mass is 9.12. The maximum atomic E-state index is 14.2. The first kappa shape index (κ1) is 59.5. The summed E-state index contributed by atoms with van der Waals surface area (Å²) in [6.07, 6.45) is -53.0. The van der Waals surface area contributed by atoms with Crippen LogP contribution in [-0.4, -0.2) is 11.9 Å². The highest BCUT2D eigenvalue weighted by molar-refractivity contribution is 7.20. The molecule has 0 aliphatic rings. The maximum Gasteiger partial charge on any atom is 0.416 e. The van der Waals surface area contributed by atoms with E-state index in [0.717, 1.165) is 10.9 Å². The summed E-state index contributed by atoms with van der Waals surface area (Å²) in [5.41, 5.74) is -28.0. The Labute approximate surface area is 421 Å². The Kier molecular flexibility index (Phi) is 15.7. The molecule has 7 aromatic rings. The van der Waals surface area contributed by atoms with Gasteiger partial charge in [-0.25, -0.2) is 0 Å². The zero-order chi connectivity index (χ0) is 58.6. The quantitative estimate of drug-likeness (QED) is 0.0691.